The van der Waals surface area contributed by atoms with Gasteiger partial charge in [0.1, 0.15) is 0 Å². The minimum atomic E-state index is 0.0440. The van der Waals surface area contributed by atoms with Crippen LogP contribution < -0.4 is 0 Å². The van der Waals surface area contributed by atoms with Crippen molar-refractivity contribution < 1.29 is 4.79 Å². The lowest BCUT2D eigenvalue weighted by molar-refractivity contribution is 0.0608. The summed E-state index contributed by atoms with van der Waals surface area (Å²) >= 11 is 0. The third-order valence-corrected chi connectivity index (χ3v) is 5.66. The molecule has 0 N–H and O–H groups in total. The van der Waals surface area contributed by atoms with Crippen LogP contribution in [0.25, 0.3) is 10.9 Å². The van der Waals surface area contributed by atoms with E-state index in [1.165, 1.54) is 5.56 Å². The van der Waals surface area contributed by atoms with E-state index in [1.54, 1.807) is 0 Å². The molecule has 1 amide bonds. The minimum absolute atomic E-state index is 0.0440. The number of likely N-dealkylation sites (tertiary alicyclic amines) is 1. The summed E-state index contributed by atoms with van der Waals surface area (Å²) in [7, 11) is 0. The molecule has 1 saturated heterocycles. The first-order chi connectivity index (χ1) is 13.1. The van der Waals surface area contributed by atoms with Crippen molar-refractivity contribution in [3.05, 3.63) is 70.7 Å². The van der Waals surface area contributed by atoms with E-state index in [-0.39, 0.29) is 11.9 Å². The van der Waals surface area contributed by atoms with Gasteiger partial charge in [-0.15, -0.1) is 0 Å². The molecule has 138 valence electrons. The van der Waals surface area contributed by atoms with E-state index in [2.05, 4.69) is 24.9 Å². The number of aromatic nitrogens is 2. The van der Waals surface area contributed by atoms with E-state index in [4.69, 9.17) is 4.98 Å². The second kappa shape index (κ2) is 7.10. The van der Waals surface area contributed by atoms with Crippen LogP contribution in [0.2, 0.25) is 0 Å². The number of hydrogen-bond donors (Lipinski definition) is 0. The van der Waals surface area contributed by atoms with Crippen LogP contribution in [0, 0.1) is 20.8 Å². The number of fused-ring (bicyclic) bond motifs is 1. The molecule has 0 spiro atoms. The molecule has 3 heterocycles. The Morgan fingerprint density at radius 1 is 1.11 bits per heavy atom. The molecule has 1 aliphatic rings. The summed E-state index contributed by atoms with van der Waals surface area (Å²) in [6.07, 6.45) is 4.93. The molecular formula is C23H25N3O. The molecule has 3 aromatic rings. The topological polar surface area (TPSA) is 46.1 Å². The highest BCUT2D eigenvalue weighted by Gasteiger charge is 2.30. The Labute approximate surface area is 160 Å². The van der Waals surface area contributed by atoms with Crippen LogP contribution in [-0.2, 0) is 0 Å². The molecular weight excluding hydrogens is 334 g/mol. The number of pyridine rings is 2. The highest BCUT2D eigenvalue weighted by atomic mass is 16.2. The van der Waals surface area contributed by atoms with Gasteiger partial charge in [0.05, 0.1) is 22.8 Å². The predicted molar refractivity (Wildman–Crippen MR) is 108 cm³/mol. The van der Waals surface area contributed by atoms with Crippen molar-refractivity contribution >= 4 is 16.8 Å². The molecule has 1 aromatic carbocycles. The summed E-state index contributed by atoms with van der Waals surface area (Å²) in [6, 6.07) is 12.0. The summed E-state index contributed by atoms with van der Waals surface area (Å²) in [5.41, 5.74) is 5.89. The van der Waals surface area contributed by atoms with Crippen molar-refractivity contribution in [2.75, 3.05) is 6.54 Å². The number of piperidine rings is 1. The molecule has 27 heavy (non-hydrogen) atoms. The van der Waals surface area contributed by atoms with Crippen LogP contribution in [0.5, 0.6) is 0 Å². The van der Waals surface area contributed by atoms with E-state index in [0.29, 0.717) is 0 Å². The highest BCUT2D eigenvalue weighted by molar-refractivity contribution is 6.07. The lowest BCUT2D eigenvalue weighted by Crippen LogP contribution is -2.39. The lowest BCUT2D eigenvalue weighted by Gasteiger charge is -2.35. The fourth-order valence-electron chi connectivity index (χ4n) is 4.04. The van der Waals surface area contributed by atoms with Crippen molar-refractivity contribution in [3.63, 3.8) is 0 Å². The van der Waals surface area contributed by atoms with Gasteiger partial charge in [-0.05, 0) is 69.4 Å². The average Bonchev–Trinajstić information content (AvgIpc) is 2.70. The fraction of sp³-hybridized carbons (Fsp3) is 0.348. The smallest absolute Gasteiger partial charge is 0.255 e. The van der Waals surface area contributed by atoms with E-state index in [9.17, 15) is 4.79 Å². The maximum Gasteiger partial charge on any atom is 0.255 e. The first-order valence-corrected chi connectivity index (χ1v) is 9.65. The minimum Gasteiger partial charge on any atom is -0.330 e. The van der Waals surface area contributed by atoms with Crippen LogP contribution in [0.4, 0.5) is 0 Å². The molecule has 0 bridgehead atoms. The van der Waals surface area contributed by atoms with Crippen LogP contribution >= 0.6 is 0 Å². The maximum absolute atomic E-state index is 13.6. The quantitative estimate of drug-likeness (QED) is 0.652. The fourth-order valence-corrected chi connectivity index (χ4v) is 4.04. The molecule has 1 aliphatic heterocycles. The number of benzene rings is 1. The molecule has 4 rings (SSSR count). The zero-order valence-corrected chi connectivity index (χ0v) is 16.2. The first kappa shape index (κ1) is 17.7. The van der Waals surface area contributed by atoms with Crippen molar-refractivity contribution in [2.24, 2.45) is 0 Å². The molecule has 0 saturated carbocycles. The predicted octanol–water partition coefficient (Wildman–Crippen LogP) is 4.92. The maximum atomic E-state index is 13.6. The number of nitrogens with zero attached hydrogens (tertiary/aromatic N) is 3. The lowest BCUT2D eigenvalue weighted by atomic mass is 9.95. The van der Waals surface area contributed by atoms with Crippen molar-refractivity contribution in [1.82, 2.24) is 14.9 Å². The SMILES string of the molecule is Cc1cc(C(=O)N2CCCCC2c2ccccn2)c2ccc(C)c(C)c2n1. The van der Waals surface area contributed by atoms with Gasteiger partial charge in [-0.1, -0.05) is 18.2 Å². The number of carbonyl (C=O) groups excluding carboxylic acids is 1. The van der Waals surface area contributed by atoms with Crippen molar-refractivity contribution in [3.8, 4) is 0 Å². The number of amides is 1. The number of aryl methyl sites for hydroxylation is 3. The molecule has 0 radical (unpaired) electrons. The molecule has 4 heteroatoms. The third-order valence-electron chi connectivity index (χ3n) is 5.66. The molecule has 1 atom stereocenters. The molecule has 2 aromatic heterocycles. The van der Waals surface area contributed by atoms with Gasteiger partial charge >= 0.3 is 0 Å². The Balaban J connectivity index is 1.81. The number of carbonyl (C=O) groups is 1. The Morgan fingerprint density at radius 2 is 1.96 bits per heavy atom. The average molecular weight is 359 g/mol. The van der Waals surface area contributed by atoms with Gasteiger partial charge in [0.15, 0.2) is 0 Å². The zero-order chi connectivity index (χ0) is 19.0. The molecule has 4 nitrogen and oxygen atoms in total. The molecule has 0 aliphatic carbocycles. The van der Waals surface area contributed by atoms with Gasteiger partial charge in [0, 0.05) is 23.8 Å². The second-order valence-corrected chi connectivity index (χ2v) is 7.48. The van der Waals surface area contributed by atoms with Gasteiger partial charge in [0.2, 0.25) is 0 Å². The van der Waals surface area contributed by atoms with Crippen LogP contribution in [0.3, 0.4) is 0 Å². The number of hydrogen-bond acceptors (Lipinski definition) is 3. The second-order valence-electron chi connectivity index (χ2n) is 7.48. The summed E-state index contributed by atoms with van der Waals surface area (Å²) in [5.74, 6) is 0.0871. The Bertz CT molecular complexity index is 997. The Morgan fingerprint density at radius 3 is 2.74 bits per heavy atom. The van der Waals surface area contributed by atoms with Crippen LogP contribution in [0.1, 0.15) is 58.2 Å². The van der Waals surface area contributed by atoms with E-state index in [0.717, 1.165) is 59.2 Å². The van der Waals surface area contributed by atoms with E-state index < -0.39 is 0 Å². The molecule has 1 unspecified atom stereocenters. The third kappa shape index (κ3) is 3.20. The standard InChI is InChI=1S/C23H25N3O/c1-15-10-11-18-19(14-16(2)25-22(18)17(15)3)23(27)26-13-7-5-9-21(26)20-8-4-6-12-24-20/h4,6,8,10-12,14,21H,5,7,9,13H2,1-3H3. The monoisotopic (exact) mass is 359 g/mol. The van der Waals surface area contributed by atoms with Gasteiger partial charge in [-0.25, -0.2) is 0 Å². The molecule has 1 fully saturated rings. The summed E-state index contributed by atoms with van der Waals surface area (Å²) in [4.78, 5) is 24.9. The van der Waals surface area contributed by atoms with Gasteiger partial charge < -0.3 is 4.90 Å². The first-order valence-electron chi connectivity index (χ1n) is 9.65. The van der Waals surface area contributed by atoms with E-state index in [1.807, 2.05) is 48.4 Å². The normalized spacial score (nSPS) is 17.3. The summed E-state index contributed by atoms with van der Waals surface area (Å²) < 4.78 is 0. The van der Waals surface area contributed by atoms with Crippen LogP contribution in [-0.4, -0.2) is 27.3 Å². The Hall–Kier alpha value is -2.75. The van der Waals surface area contributed by atoms with Gasteiger partial charge in [-0.3, -0.25) is 14.8 Å². The Kier molecular flexibility index (Phi) is 4.65. The van der Waals surface area contributed by atoms with Crippen molar-refractivity contribution in [1.29, 1.82) is 0 Å². The van der Waals surface area contributed by atoms with E-state index >= 15 is 0 Å². The van der Waals surface area contributed by atoms with Crippen molar-refractivity contribution in [2.45, 2.75) is 46.1 Å². The highest BCUT2D eigenvalue weighted by Crippen LogP contribution is 2.33. The largest absolute Gasteiger partial charge is 0.330 e. The van der Waals surface area contributed by atoms with Gasteiger partial charge in [0.25, 0.3) is 5.91 Å². The van der Waals surface area contributed by atoms with Gasteiger partial charge in [-0.2, -0.15) is 0 Å². The number of rotatable bonds is 2. The summed E-state index contributed by atoms with van der Waals surface area (Å²) in [6.45, 7) is 6.90. The zero-order valence-electron chi connectivity index (χ0n) is 16.2. The van der Waals surface area contributed by atoms with Crippen LogP contribution in [0.15, 0.2) is 42.6 Å². The summed E-state index contributed by atoms with van der Waals surface area (Å²) in [5, 5.41) is 0.944.